The van der Waals surface area contributed by atoms with Crippen LogP contribution in [0, 0.1) is 5.41 Å². The lowest BCUT2D eigenvalue weighted by molar-refractivity contribution is -0.152. The van der Waals surface area contributed by atoms with E-state index in [1.165, 1.54) is 0 Å². The molecule has 0 amide bonds. The van der Waals surface area contributed by atoms with Crippen molar-refractivity contribution in [2.75, 3.05) is 18.1 Å². The summed E-state index contributed by atoms with van der Waals surface area (Å²) < 4.78 is 26.9. The van der Waals surface area contributed by atoms with Crippen molar-refractivity contribution in [3.8, 4) is 0 Å². The van der Waals surface area contributed by atoms with Crippen LogP contribution in [0.25, 0.3) is 0 Å². The van der Waals surface area contributed by atoms with Gasteiger partial charge in [0.15, 0.2) is 9.84 Å². The topological polar surface area (TPSA) is 97.7 Å². The maximum absolute atomic E-state index is 11.2. The Morgan fingerprint density at radius 3 is 2.12 bits per heavy atom. The van der Waals surface area contributed by atoms with Crippen molar-refractivity contribution in [3.63, 3.8) is 0 Å². The van der Waals surface area contributed by atoms with Crippen LogP contribution in [-0.4, -0.2) is 43.6 Å². The number of rotatable bonds is 5. The second-order valence-corrected chi connectivity index (χ2v) is 6.56. The first kappa shape index (κ1) is 14.9. The molecule has 0 aliphatic carbocycles. The van der Waals surface area contributed by atoms with Crippen molar-refractivity contribution in [3.05, 3.63) is 0 Å². The average Bonchev–Trinajstić information content (AvgIpc) is 1.98. The number of hydrogen-bond donors (Lipinski definition) is 1. The monoisotopic (exact) mass is 252 g/mol. The summed E-state index contributed by atoms with van der Waals surface area (Å²) in [5, 5.41) is 8.30. The van der Waals surface area contributed by atoms with E-state index in [1.807, 2.05) is 0 Å². The fourth-order valence-corrected chi connectivity index (χ4v) is 1.60. The molecule has 0 saturated heterocycles. The van der Waals surface area contributed by atoms with Crippen molar-refractivity contribution in [2.45, 2.75) is 20.8 Å². The van der Waals surface area contributed by atoms with Gasteiger partial charge in [-0.2, -0.15) is 0 Å². The normalized spacial score (nSPS) is 12.2. The largest absolute Gasteiger partial charge is 0.480 e. The third kappa shape index (κ3) is 6.39. The zero-order valence-electron chi connectivity index (χ0n) is 9.52. The molecule has 0 bridgehead atoms. The van der Waals surface area contributed by atoms with E-state index in [9.17, 15) is 18.0 Å². The van der Waals surface area contributed by atoms with Crippen molar-refractivity contribution >= 4 is 21.8 Å². The van der Waals surface area contributed by atoms with E-state index in [2.05, 4.69) is 0 Å². The number of carbonyl (C=O) groups is 2. The van der Waals surface area contributed by atoms with Crippen molar-refractivity contribution < 1.29 is 27.9 Å². The van der Waals surface area contributed by atoms with Gasteiger partial charge in [-0.25, -0.2) is 8.42 Å². The molecule has 0 radical (unpaired) electrons. The summed E-state index contributed by atoms with van der Waals surface area (Å²) >= 11 is 0. The fraction of sp³-hybridized carbons (Fsp3) is 0.778. The molecular formula is C9H16O6S. The highest BCUT2D eigenvalue weighted by atomic mass is 32.2. The van der Waals surface area contributed by atoms with E-state index >= 15 is 0 Å². The summed E-state index contributed by atoms with van der Waals surface area (Å²) in [4.78, 5) is 21.4. The van der Waals surface area contributed by atoms with Crippen molar-refractivity contribution in [2.24, 2.45) is 5.41 Å². The minimum Gasteiger partial charge on any atom is -0.480 e. The maximum Gasteiger partial charge on any atom is 0.318 e. The van der Waals surface area contributed by atoms with Gasteiger partial charge in [0.25, 0.3) is 0 Å². The Kier molecular flexibility index (Phi) is 4.92. The predicted octanol–water partition coefficient (Wildman–Crippen LogP) is 0.0751. The van der Waals surface area contributed by atoms with Crippen LogP contribution in [0.1, 0.15) is 20.8 Å². The fourth-order valence-electron chi connectivity index (χ4n) is 0.738. The van der Waals surface area contributed by atoms with Crippen LogP contribution in [0.2, 0.25) is 0 Å². The summed E-state index contributed by atoms with van der Waals surface area (Å²) in [6.07, 6.45) is 0. The summed E-state index contributed by atoms with van der Waals surface area (Å²) in [6, 6.07) is 0. The number of aliphatic carboxylic acids is 1. The molecule has 0 unspecified atom stereocenters. The Balaban J connectivity index is 4.10. The average molecular weight is 252 g/mol. The number of carbonyl (C=O) groups excluding carboxylic acids is 1. The molecule has 0 rings (SSSR count). The van der Waals surface area contributed by atoms with Crippen LogP contribution in [-0.2, 0) is 24.2 Å². The van der Waals surface area contributed by atoms with Gasteiger partial charge in [0.1, 0.15) is 12.4 Å². The van der Waals surface area contributed by atoms with Crippen LogP contribution in [0.4, 0.5) is 0 Å². The van der Waals surface area contributed by atoms with Crippen LogP contribution in [0.15, 0.2) is 0 Å². The van der Waals surface area contributed by atoms with E-state index in [0.717, 1.165) is 0 Å². The van der Waals surface area contributed by atoms with E-state index in [-0.39, 0.29) is 6.61 Å². The summed E-state index contributed by atoms with van der Waals surface area (Å²) in [7, 11) is -3.70. The Hall–Kier alpha value is -1.11. The number of esters is 1. The van der Waals surface area contributed by atoms with Gasteiger partial charge in [0.05, 0.1) is 11.2 Å². The summed E-state index contributed by atoms with van der Waals surface area (Å²) in [5.74, 6) is -3.35. The molecular weight excluding hydrogens is 236 g/mol. The zero-order valence-corrected chi connectivity index (χ0v) is 10.3. The molecule has 0 aliphatic heterocycles. The Labute approximate surface area is 94.5 Å². The molecule has 0 aromatic heterocycles. The van der Waals surface area contributed by atoms with E-state index < -0.39 is 38.7 Å². The summed E-state index contributed by atoms with van der Waals surface area (Å²) in [5.41, 5.74) is -0.698. The van der Waals surface area contributed by atoms with Gasteiger partial charge in [-0.15, -0.1) is 0 Å². The molecule has 0 aromatic rings. The smallest absolute Gasteiger partial charge is 0.318 e. The second-order valence-electron chi connectivity index (χ2n) is 4.37. The van der Waals surface area contributed by atoms with Crippen molar-refractivity contribution in [1.29, 1.82) is 0 Å². The third-order valence-corrected chi connectivity index (χ3v) is 3.06. The van der Waals surface area contributed by atoms with Crippen LogP contribution in [0.3, 0.4) is 0 Å². The first-order chi connectivity index (χ1) is 7.04. The molecule has 0 aliphatic rings. The molecule has 1 N–H and O–H groups in total. The van der Waals surface area contributed by atoms with Gasteiger partial charge in [0.2, 0.25) is 0 Å². The molecule has 94 valence electrons. The number of carboxylic acids is 1. The number of carboxylic acid groups (broad SMARTS) is 1. The first-order valence-electron chi connectivity index (χ1n) is 4.64. The highest BCUT2D eigenvalue weighted by Crippen LogP contribution is 2.14. The highest BCUT2D eigenvalue weighted by molar-refractivity contribution is 7.92. The van der Waals surface area contributed by atoms with Crippen molar-refractivity contribution in [1.82, 2.24) is 0 Å². The molecule has 0 fully saturated rings. The molecule has 0 spiro atoms. The molecule has 0 saturated carbocycles. The van der Waals surface area contributed by atoms with E-state index in [4.69, 9.17) is 9.84 Å². The SMILES string of the molecule is CC(C)(C)C(=O)OCCS(=O)(=O)CC(=O)O. The molecule has 0 heterocycles. The van der Waals surface area contributed by atoms with E-state index in [1.54, 1.807) is 20.8 Å². The van der Waals surface area contributed by atoms with Gasteiger partial charge in [-0.3, -0.25) is 9.59 Å². The van der Waals surface area contributed by atoms with Gasteiger partial charge < -0.3 is 9.84 Å². The van der Waals surface area contributed by atoms with Crippen LogP contribution in [0.5, 0.6) is 0 Å². The maximum atomic E-state index is 11.2. The molecule has 6 nitrogen and oxygen atoms in total. The van der Waals surface area contributed by atoms with E-state index in [0.29, 0.717) is 0 Å². The minimum atomic E-state index is -3.70. The Morgan fingerprint density at radius 1 is 1.25 bits per heavy atom. The minimum absolute atomic E-state index is 0.314. The van der Waals surface area contributed by atoms with Crippen LogP contribution >= 0.6 is 0 Å². The lowest BCUT2D eigenvalue weighted by Gasteiger charge is -2.16. The lowest BCUT2D eigenvalue weighted by Crippen LogP contribution is -2.27. The van der Waals surface area contributed by atoms with Gasteiger partial charge >= 0.3 is 11.9 Å². The highest BCUT2D eigenvalue weighted by Gasteiger charge is 2.24. The quantitative estimate of drug-likeness (QED) is 0.695. The predicted molar refractivity (Wildman–Crippen MR) is 56.7 cm³/mol. The lowest BCUT2D eigenvalue weighted by atomic mass is 9.97. The number of hydrogen-bond acceptors (Lipinski definition) is 5. The van der Waals surface area contributed by atoms with Gasteiger partial charge in [-0.1, -0.05) is 0 Å². The standard InChI is InChI=1S/C9H16O6S/c1-9(2,3)8(12)15-4-5-16(13,14)6-7(10)11/h4-6H2,1-3H3,(H,10,11). The molecule has 0 atom stereocenters. The third-order valence-electron chi connectivity index (χ3n) is 1.58. The summed E-state index contributed by atoms with van der Waals surface area (Å²) in [6.45, 7) is 4.61. The number of ether oxygens (including phenoxy) is 1. The number of sulfone groups is 1. The molecule has 7 heteroatoms. The molecule has 0 aromatic carbocycles. The van der Waals surface area contributed by atoms with Gasteiger partial charge in [-0.05, 0) is 20.8 Å². The second kappa shape index (κ2) is 5.29. The Morgan fingerprint density at radius 2 is 1.75 bits per heavy atom. The molecule has 16 heavy (non-hydrogen) atoms. The zero-order chi connectivity index (χ0) is 13.0. The van der Waals surface area contributed by atoms with Gasteiger partial charge in [0, 0.05) is 0 Å². The Bertz CT molecular complexity index is 362. The first-order valence-corrected chi connectivity index (χ1v) is 6.46. The van der Waals surface area contributed by atoms with Crippen LogP contribution < -0.4 is 0 Å².